The number of nitrogens with zero attached hydrogens (tertiary/aromatic N) is 1. The Morgan fingerprint density at radius 3 is 2.35 bits per heavy atom. The van der Waals surface area contributed by atoms with Crippen LogP contribution in [0.5, 0.6) is 0 Å². The van der Waals surface area contributed by atoms with Gasteiger partial charge in [0.1, 0.15) is 11.5 Å². The zero-order valence-corrected chi connectivity index (χ0v) is 24.3. The molecule has 5 rings (SSSR count). The number of esters is 2. The fourth-order valence-corrected chi connectivity index (χ4v) is 6.47. The van der Waals surface area contributed by atoms with Crippen molar-refractivity contribution < 1.29 is 19.1 Å². The largest absolute Gasteiger partial charge is 0.466 e. The minimum absolute atomic E-state index is 0.232. The van der Waals surface area contributed by atoms with Crippen molar-refractivity contribution >= 4 is 29.7 Å². The van der Waals surface area contributed by atoms with Gasteiger partial charge in [-0.1, -0.05) is 60.2 Å². The van der Waals surface area contributed by atoms with E-state index < -0.39 is 23.4 Å². The number of benzene rings is 2. The molecule has 6 nitrogen and oxygen atoms in total. The van der Waals surface area contributed by atoms with Crippen LogP contribution in [0.2, 0.25) is 0 Å². The van der Waals surface area contributed by atoms with E-state index in [0.29, 0.717) is 0 Å². The van der Waals surface area contributed by atoms with Crippen LogP contribution in [0.25, 0.3) is 17.7 Å². The maximum Gasteiger partial charge on any atom is 0.332 e. The van der Waals surface area contributed by atoms with Gasteiger partial charge in [0.05, 0.1) is 13.2 Å². The summed E-state index contributed by atoms with van der Waals surface area (Å²) in [5.74, 6) is -2.02. The van der Waals surface area contributed by atoms with E-state index in [1.807, 2.05) is 13.0 Å². The summed E-state index contributed by atoms with van der Waals surface area (Å²) < 4.78 is 11.0. The third kappa shape index (κ3) is 5.13. The van der Waals surface area contributed by atoms with Gasteiger partial charge in [-0.25, -0.2) is 4.79 Å². The zero-order chi connectivity index (χ0) is 28.4. The van der Waals surface area contributed by atoms with Gasteiger partial charge in [0, 0.05) is 24.7 Å². The van der Waals surface area contributed by atoms with Gasteiger partial charge >= 0.3 is 11.9 Å². The summed E-state index contributed by atoms with van der Waals surface area (Å²) in [6.45, 7) is 9.78. The third-order valence-corrected chi connectivity index (χ3v) is 8.46. The highest BCUT2D eigenvalue weighted by molar-refractivity contribution is 5.95. The Labute approximate surface area is 237 Å². The molecule has 210 valence electrons. The second kappa shape index (κ2) is 11.5. The molecular formula is C34H40N2O4. The van der Waals surface area contributed by atoms with Crippen molar-refractivity contribution in [2.75, 3.05) is 33.4 Å². The van der Waals surface area contributed by atoms with Crippen LogP contribution in [0.4, 0.5) is 0 Å². The average Bonchev–Trinajstić information content (AvgIpc) is 3.10. The lowest BCUT2D eigenvalue weighted by Gasteiger charge is -2.42. The first-order valence-corrected chi connectivity index (χ1v) is 14.4. The van der Waals surface area contributed by atoms with Gasteiger partial charge in [-0.05, 0) is 87.0 Å². The number of piperidine rings is 1. The number of likely N-dealkylation sites (tertiary alicyclic amines) is 1. The number of carbonyl (C=O) groups is 2. The number of rotatable bonds is 5. The minimum Gasteiger partial charge on any atom is -0.466 e. The molecule has 1 saturated heterocycles. The summed E-state index contributed by atoms with van der Waals surface area (Å²) in [6.07, 6.45) is 8.47. The van der Waals surface area contributed by atoms with E-state index in [0.717, 1.165) is 42.8 Å². The Balaban J connectivity index is 1.68. The molecule has 40 heavy (non-hydrogen) atoms. The number of nitrogens with one attached hydrogen (secondary N) is 1. The lowest BCUT2D eigenvalue weighted by atomic mass is 9.70. The molecule has 0 spiro atoms. The highest BCUT2D eigenvalue weighted by Crippen LogP contribution is 2.44. The standard InChI is InChI=1S/C34H40N2O4/c1-6-39-32(37)31-29(20-22(3)35-34(31,4)33(38)40-7-2)26-15-14-24-13-12-23-10-8-9-11-27(23)30(28(24)21-26)25-16-18-36(5)19-17-25/h8-15,20-21,29,31,35H,6-7,16-19H2,1-5H3. The Bertz CT molecular complexity index is 1390. The summed E-state index contributed by atoms with van der Waals surface area (Å²) in [7, 11) is 2.18. The number of ether oxygens (including phenoxy) is 2. The number of allylic oxidation sites excluding steroid dienone is 2. The predicted octanol–water partition coefficient (Wildman–Crippen LogP) is 5.79. The van der Waals surface area contributed by atoms with Crippen LogP contribution in [0.3, 0.4) is 0 Å². The van der Waals surface area contributed by atoms with Crippen LogP contribution in [-0.2, 0) is 19.1 Å². The molecule has 1 aliphatic carbocycles. The van der Waals surface area contributed by atoms with Crippen LogP contribution in [-0.4, -0.2) is 55.7 Å². The van der Waals surface area contributed by atoms with E-state index in [-0.39, 0.29) is 19.1 Å². The average molecular weight is 541 g/mol. The van der Waals surface area contributed by atoms with E-state index in [2.05, 4.69) is 71.9 Å². The molecule has 3 aliphatic rings. The predicted molar refractivity (Wildman–Crippen MR) is 159 cm³/mol. The van der Waals surface area contributed by atoms with Crippen molar-refractivity contribution in [2.24, 2.45) is 5.92 Å². The Morgan fingerprint density at radius 1 is 0.975 bits per heavy atom. The maximum atomic E-state index is 13.5. The first-order chi connectivity index (χ1) is 19.3. The molecule has 1 fully saturated rings. The van der Waals surface area contributed by atoms with Crippen LogP contribution in [0.15, 0.2) is 59.8 Å². The molecule has 2 aromatic rings. The van der Waals surface area contributed by atoms with Gasteiger partial charge in [-0.15, -0.1) is 0 Å². The fourth-order valence-electron chi connectivity index (χ4n) is 6.47. The van der Waals surface area contributed by atoms with Gasteiger partial charge in [0.25, 0.3) is 0 Å². The van der Waals surface area contributed by atoms with Gasteiger partial charge in [-0.2, -0.15) is 0 Å². The van der Waals surface area contributed by atoms with Crippen LogP contribution in [0.1, 0.15) is 74.3 Å². The van der Waals surface area contributed by atoms with E-state index in [1.54, 1.807) is 20.8 Å². The van der Waals surface area contributed by atoms with Gasteiger partial charge < -0.3 is 19.7 Å². The second-order valence-electron chi connectivity index (χ2n) is 11.2. The number of hydrogen-bond acceptors (Lipinski definition) is 6. The van der Waals surface area contributed by atoms with E-state index in [4.69, 9.17) is 9.47 Å². The van der Waals surface area contributed by atoms with Crippen molar-refractivity contribution in [1.82, 2.24) is 10.2 Å². The number of carbonyl (C=O) groups excluding carboxylic acids is 2. The molecule has 2 aromatic carbocycles. The summed E-state index contributed by atoms with van der Waals surface area (Å²) in [5.41, 5.74) is 8.06. The summed E-state index contributed by atoms with van der Waals surface area (Å²) in [6, 6.07) is 15.1. The van der Waals surface area contributed by atoms with Crippen molar-refractivity contribution in [3.63, 3.8) is 0 Å². The normalized spacial score (nSPS) is 24.3. The second-order valence-corrected chi connectivity index (χ2v) is 11.2. The number of hydrogen-bond donors (Lipinski definition) is 1. The van der Waals surface area contributed by atoms with Crippen LogP contribution in [0, 0.1) is 5.92 Å². The first kappa shape index (κ1) is 27.9. The molecular weight excluding hydrogens is 500 g/mol. The Kier molecular flexibility index (Phi) is 7.99. The molecule has 6 heteroatoms. The summed E-state index contributed by atoms with van der Waals surface area (Å²) >= 11 is 0. The highest BCUT2D eigenvalue weighted by Gasteiger charge is 2.53. The maximum absolute atomic E-state index is 13.5. The monoisotopic (exact) mass is 540 g/mol. The van der Waals surface area contributed by atoms with Crippen molar-refractivity contribution in [2.45, 2.75) is 52.0 Å². The van der Waals surface area contributed by atoms with E-state index in [1.165, 1.54) is 27.8 Å². The Hall–Kier alpha value is -3.64. The van der Waals surface area contributed by atoms with Crippen LogP contribution >= 0.6 is 0 Å². The summed E-state index contributed by atoms with van der Waals surface area (Å²) in [5, 5.41) is 3.28. The topological polar surface area (TPSA) is 67.9 Å². The van der Waals surface area contributed by atoms with Gasteiger partial charge in [0.2, 0.25) is 0 Å². The molecule has 3 atom stereocenters. The summed E-state index contributed by atoms with van der Waals surface area (Å²) in [4.78, 5) is 29.2. The van der Waals surface area contributed by atoms with Crippen LogP contribution < -0.4 is 5.32 Å². The molecule has 0 saturated carbocycles. The fraction of sp³-hybridized carbons (Fsp3) is 0.412. The molecule has 0 amide bonds. The molecule has 0 bridgehead atoms. The quantitative estimate of drug-likeness (QED) is 0.413. The lowest BCUT2D eigenvalue weighted by Crippen LogP contribution is -2.61. The highest BCUT2D eigenvalue weighted by atomic mass is 16.5. The zero-order valence-electron chi connectivity index (χ0n) is 24.3. The molecule has 2 heterocycles. The van der Waals surface area contributed by atoms with Gasteiger partial charge in [-0.3, -0.25) is 4.79 Å². The number of fused-ring (bicyclic) bond motifs is 2. The van der Waals surface area contributed by atoms with E-state index >= 15 is 0 Å². The lowest BCUT2D eigenvalue weighted by molar-refractivity contribution is -0.164. The molecule has 0 radical (unpaired) electrons. The molecule has 0 aromatic heterocycles. The Morgan fingerprint density at radius 2 is 1.65 bits per heavy atom. The van der Waals surface area contributed by atoms with Crippen molar-refractivity contribution in [1.29, 1.82) is 0 Å². The molecule has 3 unspecified atom stereocenters. The van der Waals surface area contributed by atoms with Crippen molar-refractivity contribution in [3.8, 4) is 0 Å². The first-order valence-electron chi connectivity index (χ1n) is 14.4. The SMILES string of the molecule is CCOC(=O)C1C(c2ccc3c(c2)C(=C2CCN(C)CC2)c2ccccc2C=C3)C=C(C)NC1(C)C(=O)OCC. The molecule has 1 N–H and O–H groups in total. The smallest absolute Gasteiger partial charge is 0.332 e. The van der Waals surface area contributed by atoms with Crippen molar-refractivity contribution in [3.05, 3.63) is 87.6 Å². The molecule has 2 aliphatic heterocycles. The van der Waals surface area contributed by atoms with E-state index in [9.17, 15) is 9.59 Å². The minimum atomic E-state index is -1.26. The van der Waals surface area contributed by atoms with Gasteiger partial charge in [0.15, 0.2) is 0 Å². The third-order valence-electron chi connectivity index (χ3n) is 8.46.